The monoisotopic (exact) mass is 273 g/mol. The number of benzene rings is 1. The predicted octanol–water partition coefficient (Wildman–Crippen LogP) is 1.48. The van der Waals surface area contributed by atoms with Gasteiger partial charge in [0, 0.05) is 37.9 Å². The Kier molecular flexibility index (Phi) is 4.03. The van der Waals surface area contributed by atoms with E-state index in [4.69, 9.17) is 0 Å². The summed E-state index contributed by atoms with van der Waals surface area (Å²) in [5, 5.41) is 3.34. The van der Waals surface area contributed by atoms with Gasteiger partial charge < -0.3 is 10.2 Å². The molecule has 1 unspecified atom stereocenters. The minimum atomic E-state index is -0.0297. The number of rotatable bonds is 4. The number of hydrogen-bond acceptors (Lipinski definition) is 3. The first kappa shape index (κ1) is 13.6. The minimum Gasteiger partial charge on any atom is -0.314 e. The molecule has 4 nitrogen and oxygen atoms in total. The van der Waals surface area contributed by atoms with Crippen LogP contribution in [0.4, 0.5) is 5.69 Å². The molecule has 20 heavy (non-hydrogen) atoms. The third kappa shape index (κ3) is 2.86. The Hall–Kier alpha value is -1.39. The number of carbonyl (C=O) groups excluding carboxylic acids is 1. The molecule has 0 spiro atoms. The molecule has 2 fully saturated rings. The van der Waals surface area contributed by atoms with E-state index in [1.165, 1.54) is 0 Å². The molecule has 1 aliphatic heterocycles. The summed E-state index contributed by atoms with van der Waals surface area (Å²) < 4.78 is 0. The average Bonchev–Trinajstić information content (AvgIpc) is 3.33. The van der Waals surface area contributed by atoms with Gasteiger partial charge >= 0.3 is 0 Å². The van der Waals surface area contributed by atoms with E-state index < -0.39 is 0 Å². The molecule has 1 saturated heterocycles. The van der Waals surface area contributed by atoms with Crippen molar-refractivity contribution in [3.8, 4) is 0 Å². The van der Waals surface area contributed by atoms with Gasteiger partial charge in [-0.25, -0.2) is 0 Å². The lowest BCUT2D eigenvalue weighted by molar-refractivity contribution is -0.123. The first-order valence-corrected chi connectivity index (χ1v) is 7.60. The lowest BCUT2D eigenvalue weighted by Gasteiger charge is -2.35. The van der Waals surface area contributed by atoms with Crippen molar-refractivity contribution in [2.24, 2.45) is 0 Å². The van der Waals surface area contributed by atoms with Crippen molar-refractivity contribution < 1.29 is 4.79 Å². The van der Waals surface area contributed by atoms with E-state index in [-0.39, 0.29) is 11.9 Å². The van der Waals surface area contributed by atoms with E-state index in [0.717, 1.165) is 44.7 Å². The van der Waals surface area contributed by atoms with Crippen LogP contribution in [-0.2, 0) is 4.79 Å². The highest BCUT2D eigenvalue weighted by Gasteiger charge is 2.37. The van der Waals surface area contributed by atoms with Crippen molar-refractivity contribution in [3.05, 3.63) is 30.3 Å². The summed E-state index contributed by atoms with van der Waals surface area (Å²) in [6.45, 7) is 5.92. The fourth-order valence-electron chi connectivity index (χ4n) is 2.87. The molecule has 108 valence electrons. The van der Waals surface area contributed by atoms with Crippen LogP contribution in [0, 0.1) is 0 Å². The van der Waals surface area contributed by atoms with Crippen LogP contribution in [0.5, 0.6) is 0 Å². The van der Waals surface area contributed by atoms with Crippen LogP contribution in [0.1, 0.15) is 19.8 Å². The fourth-order valence-corrected chi connectivity index (χ4v) is 2.87. The molecular formula is C16H23N3O. The number of anilines is 1. The highest BCUT2D eigenvalue weighted by atomic mass is 16.2. The molecule has 0 aromatic heterocycles. The highest BCUT2D eigenvalue weighted by molar-refractivity contribution is 5.97. The Bertz CT molecular complexity index is 452. The summed E-state index contributed by atoms with van der Waals surface area (Å²) in [5.41, 5.74) is 1.04. The maximum absolute atomic E-state index is 12.9. The second kappa shape index (κ2) is 5.94. The van der Waals surface area contributed by atoms with Gasteiger partial charge in [0.05, 0.1) is 6.04 Å². The summed E-state index contributed by atoms with van der Waals surface area (Å²) in [6, 6.07) is 10.5. The maximum Gasteiger partial charge on any atom is 0.244 e. The molecule has 0 radical (unpaired) electrons. The van der Waals surface area contributed by atoms with Crippen LogP contribution < -0.4 is 10.2 Å². The first-order chi connectivity index (χ1) is 9.77. The molecule has 1 aromatic rings. The van der Waals surface area contributed by atoms with Gasteiger partial charge in [0.1, 0.15) is 0 Å². The van der Waals surface area contributed by atoms with Gasteiger partial charge in [-0.3, -0.25) is 9.69 Å². The molecule has 1 saturated carbocycles. The van der Waals surface area contributed by atoms with E-state index in [1.54, 1.807) is 0 Å². The zero-order chi connectivity index (χ0) is 13.9. The Morgan fingerprint density at radius 3 is 2.50 bits per heavy atom. The van der Waals surface area contributed by atoms with Crippen molar-refractivity contribution in [1.29, 1.82) is 0 Å². The fraction of sp³-hybridized carbons (Fsp3) is 0.562. The molecule has 1 heterocycles. The van der Waals surface area contributed by atoms with E-state index in [1.807, 2.05) is 42.2 Å². The van der Waals surface area contributed by atoms with Crippen molar-refractivity contribution >= 4 is 11.6 Å². The van der Waals surface area contributed by atoms with Gasteiger partial charge in [0.15, 0.2) is 0 Å². The molecular weight excluding hydrogens is 250 g/mol. The second-order valence-electron chi connectivity index (χ2n) is 5.74. The van der Waals surface area contributed by atoms with Gasteiger partial charge in [-0.2, -0.15) is 0 Å². The van der Waals surface area contributed by atoms with Crippen molar-refractivity contribution in [2.45, 2.75) is 31.8 Å². The number of carbonyl (C=O) groups is 1. The molecule has 1 amide bonds. The third-order valence-electron chi connectivity index (χ3n) is 4.24. The lowest BCUT2D eigenvalue weighted by atomic mass is 10.2. The van der Waals surface area contributed by atoms with Crippen LogP contribution >= 0.6 is 0 Å². The Labute approximate surface area is 120 Å². The van der Waals surface area contributed by atoms with Gasteiger partial charge in [0.2, 0.25) is 5.91 Å². The molecule has 0 bridgehead atoms. The quantitative estimate of drug-likeness (QED) is 0.902. The van der Waals surface area contributed by atoms with E-state index in [0.29, 0.717) is 6.04 Å². The highest BCUT2D eigenvalue weighted by Crippen LogP contribution is 2.32. The Morgan fingerprint density at radius 1 is 1.25 bits per heavy atom. The molecule has 4 heteroatoms. The number of nitrogens with zero attached hydrogens (tertiary/aromatic N) is 2. The summed E-state index contributed by atoms with van der Waals surface area (Å²) in [4.78, 5) is 17.2. The van der Waals surface area contributed by atoms with Crippen LogP contribution in [-0.4, -0.2) is 49.1 Å². The van der Waals surface area contributed by atoms with Crippen molar-refractivity contribution in [2.75, 3.05) is 31.1 Å². The number of amides is 1. The third-order valence-corrected chi connectivity index (χ3v) is 4.24. The van der Waals surface area contributed by atoms with E-state index in [2.05, 4.69) is 10.2 Å². The lowest BCUT2D eigenvalue weighted by Crippen LogP contribution is -2.54. The van der Waals surface area contributed by atoms with Crippen LogP contribution in [0.15, 0.2) is 30.3 Å². The Morgan fingerprint density at radius 2 is 1.90 bits per heavy atom. The summed E-state index contributed by atoms with van der Waals surface area (Å²) in [5.74, 6) is 0.251. The van der Waals surface area contributed by atoms with Gasteiger partial charge in [-0.05, 0) is 31.9 Å². The zero-order valence-corrected chi connectivity index (χ0v) is 12.1. The van der Waals surface area contributed by atoms with Crippen LogP contribution in [0.25, 0.3) is 0 Å². The zero-order valence-electron chi connectivity index (χ0n) is 12.1. The normalized spacial score (nSPS) is 21.4. The van der Waals surface area contributed by atoms with Crippen molar-refractivity contribution in [1.82, 2.24) is 10.2 Å². The molecule has 1 atom stereocenters. The minimum absolute atomic E-state index is 0.0297. The summed E-state index contributed by atoms with van der Waals surface area (Å²) in [6.07, 6.45) is 2.27. The van der Waals surface area contributed by atoms with E-state index in [9.17, 15) is 4.79 Å². The number of para-hydroxylation sites is 1. The number of piperazine rings is 1. The maximum atomic E-state index is 12.9. The Balaban J connectivity index is 1.75. The molecule has 1 aliphatic carbocycles. The SMILES string of the molecule is CC(C(=O)N(c1ccccc1)C1CC1)N1CCNCC1. The van der Waals surface area contributed by atoms with Crippen LogP contribution in [0.3, 0.4) is 0 Å². The molecule has 2 aliphatic rings. The summed E-state index contributed by atoms with van der Waals surface area (Å²) in [7, 11) is 0. The average molecular weight is 273 g/mol. The molecule has 3 rings (SSSR count). The second-order valence-corrected chi connectivity index (χ2v) is 5.74. The molecule has 1 aromatic carbocycles. The first-order valence-electron chi connectivity index (χ1n) is 7.60. The largest absolute Gasteiger partial charge is 0.314 e. The standard InChI is InChI=1S/C16H23N3O/c1-13(18-11-9-17-10-12-18)16(20)19(15-7-8-15)14-5-3-2-4-6-14/h2-6,13,15,17H,7-12H2,1H3. The van der Waals surface area contributed by atoms with Gasteiger partial charge in [-0.15, -0.1) is 0 Å². The van der Waals surface area contributed by atoms with Gasteiger partial charge in [-0.1, -0.05) is 18.2 Å². The van der Waals surface area contributed by atoms with E-state index >= 15 is 0 Å². The van der Waals surface area contributed by atoms with Crippen LogP contribution in [0.2, 0.25) is 0 Å². The predicted molar refractivity (Wildman–Crippen MR) is 80.9 cm³/mol. The smallest absolute Gasteiger partial charge is 0.244 e. The van der Waals surface area contributed by atoms with Crippen molar-refractivity contribution in [3.63, 3.8) is 0 Å². The summed E-state index contributed by atoms with van der Waals surface area (Å²) >= 11 is 0. The number of hydrogen-bond donors (Lipinski definition) is 1. The number of nitrogens with one attached hydrogen (secondary N) is 1. The van der Waals surface area contributed by atoms with Gasteiger partial charge in [0.25, 0.3) is 0 Å². The molecule has 1 N–H and O–H groups in total. The topological polar surface area (TPSA) is 35.6 Å².